The Hall–Kier alpha value is -0.220. The molecule has 1 heterocycles. The van der Waals surface area contributed by atoms with Crippen molar-refractivity contribution in [3.63, 3.8) is 0 Å². The van der Waals surface area contributed by atoms with E-state index in [1.807, 2.05) is 11.8 Å². The Labute approximate surface area is 122 Å². The second kappa shape index (κ2) is 8.15. The van der Waals surface area contributed by atoms with E-state index in [2.05, 4.69) is 17.2 Å². The molecule has 0 aromatic carbocycles. The largest absolute Gasteiger partial charge is 0.381 e. The van der Waals surface area contributed by atoms with Crippen LogP contribution in [0.15, 0.2) is 4.99 Å². The molecule has 0 radical (unpaired) electrons. The van der Waals surface area contributed by atoms with E-state index in [1.165, 1.54) is 55.9 Å². The maximum absolute atomic E-state index is 5.55. The van der Waals surface area contributed by atoms with Gasteiger partial charge in [-0.25, -0.2) is 0 Å². The summed E-state index contributed by atoms with van der Waals surface area (Å²) in [5, 5.41) is 4.87. The number of nitrogens with one attached hydrogen (secondary N) is 1. The summed E-state index contributed by atoms with van der Waals surface area (Å²) in [4.78, 5) is 4.68. The minimum Gasteiger partial charge on any atom is -0.381 e. The minimum atomic E-state index is 0.388. The molecule has 1 spiro atoms. The Kier molecular flexibility index (Phi) is 6.51. The van der Waals surface area contributed by atoms with Gasteiger partial charge in [0.1, 0.15) is 0 Å². The molecule has 1 aliphatic heterocycles. The first-order valence-electron chi connectivity index (χ1n) is 7.88. The molecule has 4 heteroatoms. The second-order valence-corrected chi connectivity index (χ2v) is 6.73. The zero-order valence-electron chi connectivity index (χ0n) is 12.2. The summed E-state index contributed by atoms with van der Waals surface area (Å²) >= 11 is 1.92. The first-order valence-corrected chi connectivity index (χ1v) is 8.86. The van der Waals surface area contributed by atoms with Crippen molar-refractivity contribution in [2.24, 2.45) is 4.99 Å². The van der Waals surface area contributed by atoms with Crippen LogP contribution in [-0.2, 0) is 4.74 Å². The standard InChI is InChI=1S/C15H28N2OS/c1-2-3-11-18-12-7-10-16-14-17-15(13-19-14)8-5-4-6-9-15/h2-13H2,1H3,(H,16,17). The number of unbranched alkanes of at least 4 members (excludes halogenated alkanes) is 1. The lowest BCUT2D eigenvalue weighted by molar-refractivity contribution is 0.130. The molecule has 0 amide bonds. The number of ether oxygens (including phenoxy) is 1. The van der Waals surface area contributed by atoms with Crippen LogP contribution in [0.3, 0.4) is 0 Å². The molecule has 0 unspecified atom stereocenters. The molecule has 0 aromatic rings. The topological polar surface area (TPSA) is 33.6 Å². The molecule has 2 aliphatic rings. The van der Waals surface area contributed by atoms with E-state index in [4.69, 9.17) is 4.74 Å². The maximum atomic E-state index is 5.55. The van der Waals surface area contributed by atoms with E-state index in [1.54, 1.807) is 0 Å². The molecule has 1 aliphatic carbocycles. The van der Waals surface area contributed by atoms with Crippen molar-refractivity contribution in [1.82, 2.24) is 5.32 Å². The Bertz CT molecular complexity index is 288. The van der Waals surface area contributed by atoms with Gasteiger partial charge in [0, 0.05) is 31.1 Å². The summed E-state index contributed by atoms with van der Waals surface area (Å²) in [6.07, 6.45) is 10.3. The normalized spacial score (nSPS) is 23.9. The fourth-order valence-electron chi connectivity index (χ4n) is 2.78. The molecule has 1 N–H and O–H groups in total. The first kappa shape index (κ1) is 15.2. The van der Waals surface area contributed by atoms with Gasteiger partial charge in [0.25, 0.3) is 0 Å². The van der Waals surface area contributed by atoms with Crippen molar-refractivity contribution in [2.45, 2.75) is 63.8 Å². The molecule has 0 aromatic heterocycles. The molecule has 19 heavy (non-hydrogen) atoms. The van der Waals surface area contributed by atoms with Gasteiger partial charge in [-0.1, -0.05) is 44.4 Å². The molecule has 0 bridgehead atoms. The van der Waals surface area contributed by atoms with Crippen molar-refractivity contribution < 1.29 is 4.74 Å². The number of hydrogen-bond acceptors (Lipinski definition) is 3. The Morgan fingerprint density at radius 1 is 1.21 bits per heavy atom. The van der Waals surface area contributed by atoms with Crippen molar-refractivity contribution in [3.8, 4) is 0 Å². The van der Waals surface area contributed by atoms with Gasteiger partial charge < -0.3 is 10.1 Å². The van der Waals surface area contributed by atoms with Crippen LogP contribution in [0.4, 0.5) is 0 Å². The highest BCUT2D eigenvalue weighted by Crippen LogP contribution is 2.36. The van der Waals surface area contributed by atoms with Gasteiger partial charge in [-0.05, 0) is 25.7 Å². The number of aliphatic imine (C=N–C) groups is 1. The van der Waals surface area contributed by atoms with E-state index in [-0.39, 0.29) is 0 Å². The van der Waals surface area contributed by atoms with Crippen molar-refractivity contribution in [3.05, 3.63) is 0 Å². The van der Waals surface area contributed by atoms with E-state index >= 15 is 0 Å². The van der Waals surface area contributed by atoms with Crippen molar-refractivity contribution in [1.29, 1.82) is 0 Å². The summed E-state index contributed by atoms with van der Waals surface area (Å²) in [5.74, 6) is 1.22. The lowest BCUT2D eigenvalue weighted by atomic mass is 9.83. The van der Waals surface area contributed by atoms with Crippen molar-refractivity contribution >= 4 is 16.9 Å². The molecule has 110 valence electrons. The lowest BCUT2D eigenvalue weighted by Crippen LogP contribution is -2.45. The zero-order valence-corrected chi connectivity index (χ0v) is 13.1. The smallest absolute Gasteiger partial charge is 0.157 e. The summed E-state index contributed by atoms with van der Waals surface area (Å²) in [7, 11) is 0. The Morgan fingerprint density at radius 3 is 2.79 bits per heavy atom. The third-order valence-corrected chi connectivity index (χ3v) is 5.21. The van der Waals surface area contributed by atoms with Crippen LogP contribution in [0.1, 0.15) is 58.3 Å². The highest BCUT2D eigenvalue weighted by Gasteiger charge is 2.37. The van der Waals surface area contributed by atoms with Crippen molar-refractivity contribution in [2.75, 3.05) is 25.5 Å². The molecule has 1 saturated heterocycles. The Balaban J connectivity index is 1.59. The third kappa shape index (κ3) is 4.99. The number of rotatable bonds is 7. The molecule has 2 fully saturated rings. The van der Waals surface area contributed by atoms with Crippen LogP contribution >= 0.6 is 11.8 Å². The van der Waals surface area contributed by atoms with Crippen LogP contribution in [0.5, 0.6) is 0 Å². The molecule has 3 nitrogen and oxygen atoms in total. The molecular formula is C15H28N2OS. The van der Waals surface area contributed by atoms with Gasteiger partial charge >= 0.3 is 0 Å². The van der Waals surface area contributed by atoms with Crippen LogP contribution in [0.2, 0.25) is 0 Å². The van der Waals surface area contributed by atoms with Crippen LogP contribution in [0.25, 0.3) is 0 Å². The van der Waals surface area contributed by atoms with Crippen LogP contribution in [-0.4, -0.2) is 36.2 Å². The van der Waals surface area contributed by atoms with Crippen LogP contribution in [0, 0.1) is 0 Å². The number of hydrogen-bond donors (Lipinski definition) is 1. The van der Waals surface area contributed by atoms with Gasteiger partial charge in [0.15, 0.2) is 5.17 Å². The van der Waals surface area contributed by atoms with E-state index < -0.39 is 0 Å². The highest BCUT2D eigenvalue weighted by atomic mass is 32.2. The van der Waals surface area contributed by atoms with E-state index in [0.29, 0.717) is 5.54 Å². The van der Waals surface area contributed by atoms with E-state index in [9.17, 15) is 0 Å². The summed E-state index contributed by atoms with van der Waals surface area (Å²) in [6.45, 7) is 4.85. The zero-order chi connectivity index (χ0) is 13.4. The van der Waals surface area contributed by atoms with Gasteiger partial charge in [-0.3, -0.25) is 4.99 Å². The average molecular weight is 284 g/mol. The van der Waals surface area contributed by atoms with Gasteiger partial charge in [0.2, 0.25) is 0 Å². The Morgan fingerprint density at radius 2 is 2.00 bits per heavy atom. The number of thioether (sulfide) groups is 1. The lowest BCUT2D eigenvalue weighted by Gasteiger charge is -2.32. The maximum Gasteiger partial charge on any atom is 0.157 e. The molecular weight excluding hydrogens is 256 g/mol. The van der Waals surface area contributed by atoms with Gasteiger partial charge in [-0.15, -0.1) is 0 Å². The fraction of sp³-hybridized carbons (Fsp3) is 0.933. The molecule has 2 rings (SSSR count). The summed E-state index contributed by atoms with van der Waals surface area (Å²) < 4.78 is 5.55. The quantitative estimate of drug-likeness (QED) is 0.725. The number of nitrogens with zero attached hydrogens (tertiary/aromatic N) is 1. The highest BCUT2D eigenvalue weighted by molar-refractivity contribution is 8.14. The molecule has 0 atom stereocenters. The van der Waals surface area contributed by atoms with Gasteiger partial charge in [0.05, 0.1) is 0 Å². The molecule has 1 saturated carbocycles. The fourth-order valence-corrected chi connectivity index (χ4v) is 4.03. The predicted molar refractivity (Wildman–Crippen MR) is 84.1 cm³/mol. The van der Waals surface area contributed by atoms with E-state index in [0.717, 1.165) is 26.2 Å². The van der Waals surface area contributed by atoms with Gasteiger partial charge in [-0.2, -0.15) is 0 Å². The number of amidine groups is 1. The predicted octanol–water partition coefficient (Wildman–Crippen LogP) is 3.59. The summed E-state index contributed by atoms with van der Waals surface area (Å²) in [5.41, 5.74) is 0.388. The first-order chi connectivity index (χ1) is 9.35. The minimum absolute atomic E-state index is 0.388. The summed E-state index contributed by atoms with van der Waals surface area (Å²) in [6, 6.07) is 0. The van der Waals surface area contributed by atoms with Crippen LogP contribution < -0.4 is 5.32 Å². The monoisotopic (exact) mass is 284 g/mol. The third-order valence-electron chi connectivity index (χ3n) is 4.01. The SMILES string of the molecule is CCCCOCCCN=C1NC2(CCCCC2)CS1. The second-order valence-electron chi connectivity index (χ2n) is 5.76. The average Bonchev–Trinajstić information content (AvgIpc) is 2.81.